The lowest BCUT2D eigenvalue weighted by molar-refractivity contribution is 0.415. The van der Waals surface area contributed by atoms with E-state index in [9.17, 15) is 0 Å². The summed E-state index contributed by atoms with van der Waals surface area (Å²) in [5.74, 6) is 0.813. The third-order valence-electron chi connectivity index (χ3n) is 3.05. The van der Waals surface area contributed by atoms with Crippen LogP contribution in [0.1, 0.15) is 11.1 Å². The molecule has 0 radical (unpaired) electrons. The van der Waals surface area contributed by atoms with E-state index in [4.69, 9.17) is 17.0 Å². The molecule has 2 aromatic rings. The van der Waals surface area contributed by atoms with Crippen LogP contribution in [-0.2, 0) is 0 Å². The second kappa shape index (κ2) is 6.95. The minimum Gasteiger partial charge on any atom is -0.497 e. The summed E-state index contributed by atoms with van der Waals surface area (Å²) in [5, 5.41) is 3.60. The van der Waals surface area contributed by atoms with Crippen LogP contribution in [0, 0.1) is 13.8 Å². The molecule has 2 rings (SSSR count). The molecule has 21 heavy (non-hydrogen) atoms. The van der Waals surface area contributed by atoms with Crippen molar-refractivity contribution in [3.05, 3.63) is 53.6 Å². The van der Waals surface area contributed by atoms with E-state index in [1.807, 2.05) is 31.2 Å². The van der Waals surface area contributed by atoms with E-state index < -0.39 is 0 Å². The summed E-state index contributed by atoms with van der Waals surface area (Å²) in [4.78, 5) is 0. The summed E-state index contributed by atoms with van der Waals surface area (Å²) in [7, 11) is 1.64. The Hall–Kier alpha value is -2.27. The maximum Gasteiger partial charge on any atom is 0.189 e. The molecule has 0 saturated carbocycles. The van der Waals surface area contributed by atoms with Crippen LogP contribution in [0.25, 0.3) is 0 Å². The van der Waals surface area contributed by atoms with Gasteiger partial charge in [-0.15, -0.1) is 0 Å². The van der Waals surface area contributed by atoms with Gasteiger partial charge in [-0.25, -0.2) is 0 Å². The first-order valence-corrected chi connectivity index (χ1v) is 7.03. The van der Waals surface area contributed by atoms with Gasteiger partial charge in [0.2, 0.25) is 0 Å². The van der Waals surface area contributed by atoms with E-state index in [0.717, 1.165) is 22.7 Å². The number of hydrazine groups is 1. The van der Waals surface area contributed by atoms with E-state index in [1.165, 1.54) is 5.56 Å². The third kappa shape index (κ3) is 4.36. The molecule has 0 aliphatic rings. The van der Waals surface area contributed by atoms with Crippen molar-refractivity contribution < 1.29 is 4.74 Å². The normalized spacial score (nSPS) is 9.86. The molecule has 5 heteroatoms. The molecule has 0 aromatic heterocycles. The van der Waals surface area contributed by atoms with Crippen LogP contribution in [-0.4, -0.2) is 12.2 Å². The molecule has 0 spiro atoms. The number of hydrogen-bond donors (Lipinski definition) is 3. The maximum atomic E-state index is 5.26. The quantitative estimate of drug-likeness (QED) is 0.594. The summed E-state index contributed by atoms with van der Waals surface area (Å²) in [6.45, 7) is 4.10. The first-order chi connectivity index (χ1) is 10.1. The summed E-state index contributed by atoms with van der Waals surface area (Å²) < 4.78 is 5.12. The Bertz CT molecular complexity index is 626. The first kappa shape index (κ1) is 15.1. The van der Waals surface area contributed by atoms with Crippen molar-refractivity contribution in [2.45, 2.75) is 13.8 Å². The molecule has 4 nitrogen and oxygen atoms in total. The van der Waals surface area contributed by atoms with Crippen LogP contribution in [0.15, 0.2) is 42.5 Å². The number of anilines is 2. The topological polar surface area (TPSA) is 45.3 Å². The predicted molar refractivity (Wildman–Crippen MR) is 91.9 cm³/mol. The average molecular weight is 301 g/mol. The molecule has 0 heterocycles. The van der Waals surface area contributed by atoms with Crippen molar-refractivity contribution >= 4 is 28.7 Å². The lowest BCUT2D eigenvalue weighted by atomic mass is 10.1. The van der Waals surface area contributed by atoms with E-state index in [-0.39, 0.29) is 0 Å². The zero-order valence-corrected chi connectivity index (χ0v) is 13.2. The summed E-state index contributed by atoms with van der Waals surface area (Å²) >= 11 is 5.26. The fourth-order valence-electron chi connectivity index (χ4n) is 1.83. The summed E-state index contributed by atoms with van der Waals surface area (Å²) in [5.41, 5.74) is 10.4. The lowest BCUT2D eigenvalue weighted by Crippen LogP contribution is -2.33. The van der Waals surface area contributed by atoms with Gasteiger partial charge in [0, 0.05) is 5.69 Å². The number of hydrogen-bond acceptors (Lipinski definition) is 3. The molecule has 0 fully saturated rings. The SMILES string of the molecule is COc1ccc(NC(=S)NNc2cc(C)ccc2C)cc1. The highest BCUT2D eigenvalue weighted by atomic mass is 32.1. The molecule has 0 amide bonds. The maximum absolute atomic E-state index is 5.26. The van der Waals surface area contributed by atoms with E-state index in [1.54, 1.807) is 7.11 Å². The number of nitrogens with one attached hydrogen (secondary N) is 3. The Labute approximate surface area is 130 Å². The molecule has 2 aromatic carbocycles. The molecule has 0 unspecified atom stereocenters. The number of thiocarbonyl (C=S) groups is 1. The minimum atomic E-state index is 0.501. The van der Waals surface area contributed by atoms with Gasteiger partial charge in [0.25, 0.3) is 0 Å². The van der Waals surface area contributed by atoms with Crippen molar-refractivity contribution in [2.75, 3.05) is 17.9 Å². The molecule has 0 atom stereocenters. The van der Waals surface area contributed by atoms with E-state index >= 15 is 0 Å². The van der Waals surface area contributed by atoms with Crippen molar-refractivity contribution in [3.63, 3.8) is 0 Å². The highest BCUT2D eigenvalue weighted by Crippen LogP contribution is 2.16. The van der Waals surface area contributed by atoms with Crippen LogP contribution >= 0.6 is 12.2 Å². The highest BCUT2D eigenvalue weighted by Gasteiger charge is 2.00. The Balaban J connectivity index is 1.91. The number of ether oxygens (including phenoxy) is 1. The van der Waals surface area contributed by atoms with Gasteiger partial charge in [-0.05, 0) is 67.5 Å². The van der Waals surface area contributed by atoms with Gasteiger partial charge in [-0.1, -0.05) is 12.1 Å². The van der Waals surface area contributed by atoms with Crippen LogP contribution in [0.2, 0.25) is 0 Å². The number of benzene rings is 2. The van der Waals surface area contributed by atoms with Gasteiger partial charge >= 0.3 is 0 Å². The highest BCUT2D eigenvalue weighted by molar-refractivity contribution is 7.80. The van der Waals surface area contributed by atoms with Gasteiger partial charge < -0.3 is 10.1 Å². The molecule has 110 valence electrons. The monoisotopic (exact) mass is 301 g/mol. The number of methoxy groups -OCH3 is 1. The van der Waals surface area contributed by atoms with E-state index in [0.29, 0.717) is 5.11 Å². The Morgan fingerprint density at radius 1 is 1.05 bits per heavy atom. The second-order valence-corrected chi connectivity index (χ2v) is 5.16. The number of rotatable bonds is 4. The van der Waals surface area contributed by atoms with Crippen molar-refractivity contribution in [2.24, 2.45) is 0 Å². The Morgan fingerprint density at radius 3 is 2.43 bits per heavy atom. The summed E-state index contributed by atoms with van der Waals surface area (Å²) in [6.07, 6.45) is 0. The fraction of sp³-hybridized carbons (Fsp3) is 0.188. The summed E-state index contributed by atoms with van der Waals surface area (Å²) in [6, 6.07) is 13.8. The molecular weight excluding hydrogens is 282 g/mol. The van der Waals surface area contributed by atoms with Gasteiger partial charge in [-0.3, -0.25) is 10.9 Å². The van der Waals surface area contributed by atoms with Crippen LogP contribution in [0.4, 0.5) is 11.4 Å². The molecule has 0 bridgehead atoms. The Morgan fingerprint density at radius 2 is 1.76 bits per heavy atom. The van der Waals surface area contributed by atoms with Crippen LogP contribution in [0.5, 0.6) is 5.75 Å². The van der Waals surface area contributed by atoms with Gasteiger partial charge in [0.15, 0.2) is 5.11 Å². The largest absolute Gasteiger partial charge is 0.497 e. The van der Waals surface area contributed by atoms with Gasteiger partial charge in [0.1, 0.15) is 5.75 Å². The molecule has 0 aliphatic carbocycles. The molecule has 0 saturated heterocycles. The first-order valence-electron chi connectivity index (χ1n) is 6.63. The smallest absolute Gasteiger partial charge is 0.189 e. The van der Waals surface area contributed by atoms with Crippen LogP contribution < -0.4 is 20.9 Å². The van der Waals surface area contributed by atoms with Crippen molar-refractivity contribution in [1.82, 2.24) is 5.43 Å². The predicted octanol–water partition coefficient (Wildman–Crippen LogP) is 3.63. The van der Waals surface area contributed by atoms with E-state index in [2.05, 4.69) is 41.3 Å². The van der Waals surface area contributed by atoms with Gasteiger partial charge in [0.05, 0.1) is 12.8 Å². The zero-order valence-electron chi connectivity index (χ0n) is 12.4. The lowest BCUT2D eigenvalue weighted by Gasteiger charge is -2.14. The van der Waals surface area contributed by atoms with Crippen molar-refractivity contribution in [3.8, 4) is 5.75 Å². The average Bonchev–Trinajstić information content (AvgIpc) is 2.49. The molecular formula is C16H19N3OS. The second-order valence-electron chi connectivity index (χ2n) is 4.75. The third-order valence-corrected chi connectivity index (χ3v) is 3.26. The zero-order chi connectivity index (χ0) is 15.2. The minimum absolute atomic E-state index is 0.501. The standard InChI is InChI=1S/C16H19N3OS/c1-11-4-5-12(2)15(10-11)18-19-16(21)17-13-6-8-14(20-3)9-7-13/h4-10,18H,1-3H3,(H2,17,19,21). The Kier molecular flexibility index (Phi) is 5.00. The number of aryl methyl sites for hydroxylation is 2. The van der Waals surface area contributed by atoms with Gasteiger partial charge in [-0.2, -0.15) is 0 Å². The fourth-order valence-corrected chi connectivity index (χ4v) is 2.00. The van der Waals surface area contributed by atoms with Crippen molar-refractivity contribution in [1.29, 1.82) is 0 Å². The molecule has 0 aliphatic heterocycles. The van der Waals surface area contributed by atoms with Crippen LogP contribution in [0.3, 0.4) is 0 Å². The molecule has 3 N–H and O–H groups in total.